The summed E-state index contributed by atoms with van der Waals surface area (Å²) in [4.78, 5) is 21.8. The summed E-state index contributed by atoms with van der Waals surface area (Å²) in [6.07, 6.45) is -0.124. The van der Waals surface area contributed by atoms with Crippen molar-refractivity contribution in [2.75, 3.05) is 5.88 Å². The number of alkyl halides is 1. The fourth-order valence-corrected chi connectivity index (χ4v) is 0.783. The van der Waals surface area contributed by atoms with E-state index in [4.69, 9.17) is 11.6 Å². The lowest BCUT2D eigenvalue weighted by Gasteiger charge is -2.19. The van der Waals surface area contributed by atoms with Crippen LogP contribution in [0.1, 0.15) is 27.2 Å². The Hall–Kier alpha value is -0.570. The largest absolute Gasteiger partial charge is 0.351 e. The monoisotopic (exact) mass is 191 g/mol. The minimum Gasteiger partial charge on any atom is -0.351 e. The van der Waals surface area contributed by atoms with E-state index in [1.54, 1.807) is 0 Å². The third kappa shape index (κ3) is 6.16. The molecule has 0 saturated carbocycles. The third-order valence-corrected chi connectivity index (χ3v) is 1.32. The van der Waals surface area contributed by atoms with Crippen LogP contribution in [0.15, 0.2) is 0 Å². The molecule has 0 aliphatic heterocycles. The van der Waals surface area contributed by atoms with Crippen molar-refractivity contribution < 1.29 is 9.59 Å². The number of Topliss-reactive ketones (excluding diaryl/α,β-unsaturated/α-hetero) is 1. The molecule has 70 valence electrons. The van der Waals surface area contributed by atoms with Crippen molar-refractivity contribution in [3.8, 4) is 0 Å². The molecule has 0 spiro atoms. The molecule has 0 fully saturated rings. The van der Waals surface area contributed by atoms with Gasteiger partial charge in [0.25, 0.3) is 0 Å². The van der Waals surface area contributed by atoms with Gasteiger partial charge < -0.3 is 5.32 Å². The minimum absolute atomic E-state index is 0.0996. The van der Waals surface area contributed by atoms with Crippen LogP contribution in [0.3, 0.4) is 0 Å². The average molecular weight is 192 g/mol. The number of rotatable bonds is 3. The van der Waals surface area contributed by atoms with Crippen LogP contribution in [0.5, 0.6) is 0 Å². The van der Waals surface area contributed by atoms with Crippen LogP contribution in [0.2, 0.25) is 0 Å². The van der Waals surface area contributed by atoms with E-state index in [1.165, 1.54) is 0 Å². The van der Waals surface area contributed by atoms with E-state index < -0.39 is 0 Å². The molecule has 0 aliphatic carbocycles. The van der Waals surface area contributed by atoms with Crippen LogP contribution in [0, 0.1) is 0 Å². The Morgan fingerprint density at radius 2 is 1.83 bits per heavy atom. The molecule has 0 atom stereocenters. The molecule has 0 aromatic carbocycles. The molecule has 0 aromatic rings. The Bertz CT molecular complexity index is 184. The second-order valence-corrected chi connectivity index (χ2v) is 3.91. The number of carbonyl (C=O) groups excluding carboxylic acids is 2. The molecule has 12 heavy (non-hydrogen) atoms. The summed E-state index contributed by atoms with van der Waals surface area (Å²) >= 11 is 5.24. The highest BCUT2D eigenvalue weighted by molar-refractivity contribution is 6.29. The van der Waals surface area contributed by atoms with E-state index in [9.17, 15) is 9.59 Å². The Balaban J connectivity index is 3.83. The summed E-state index contributed by atoms with van der Waals surface area (Å²) in [6, 6.07) is 0. The predicted octanol–water partition coefficient (Wildman–Crippen LogP) is 1.10. The summed E-state index contributed by atoms with van der Waals surface area (Å²) in [5, 5.41) is 2.67. The third-order valence-electron chi connectivity index (χ3n) is 1.02. The standard InChI is InChI=1S/C8H14ClNO2/c1-8(2,3)10-7(12)4-6(11)5-9/h4-5H2,1-3H3,(H,10,12). The fourth-order valence-electron chi connectivity index (χ4n) is 0.689. The van der Waals surface area contributed by atoms with Gasteiger partial charge in [-0.15, -0.1) is 11.6 Å². The zero-order valence-corrected chi connectivity index (χ0v) is 8.36. The van der Waals surface area contributed by atoms with Gasteiger partial charge in [-0.1, -0.05) is 0 Å². The topological polar surface area (TPSA) is 46.2 Å². The molecule has 0 aliphatic rings. The molecular weight excluding hydrogens is 178 g/mol. The van der Waals surface area contributed by atoms with Gasteiger partial charge in [-0.05, 0) is 20.8 Å². The molecular formula is C8H14ClNO2. The summed E-state index contributed by atoms with van der Waals surface area (Å²) in [6.45, 7) is 5.57. The van der Waals surface area contributed by atoms with Crippen molar-refractivity contribution in [2.24, 2.45) is 0 Å². The van der Waals surface area contributed by atoms with Gasteiger partial charge in [-0.3, -0.25) is 9.59 Å². The summed E-state index contributed by atoms with van der Waals surface area (Å²) in [5.74, 6) is -0.621. The number of hydrogen-bond acceptors (Lipinski definition) is 2. The summed E-state index contributed by atoms with van der Waals surface area (Å²) in [7, 11) is 0. The molecule has 0 saturated heterocycles. The summed E-state index contributed by atoms with van der Waals surface area (Å²) in [5.41, 5.74) is -0.288. The van der Waals surface area contributed by atoms with Gasteiger partial charge in [-0.2, -0.15) is 0 Å². The number of ketones is 1. The van der Waals surface area contributed by atoms with Crippen molar-refractivity contribution in [2.45, 2.75) is 32.7 Å². The van der Waals surface area contributed by atoms with Crippen molar-refractivity contribution in [1.82, 2.24) is 5.32 Å². The summed E-state index contributed by atoms with van der Waals surface area (Å²) < 4.78 is 0. The zero-order chi connectivity index (χ0) is 9.78. The van der Waals surface area contributed by atoms with E-state index in [0.29, 0.717) is 0 Å². The lowest BCUT2D eigenvalue weighted by atomic mass is 10.1. The molecule has 0 rings (SSSR count). The maximum absolute atomic E-state index is 11.0. The van der Waals surface area contributed by atoms with E-state index in [0.717, 1.165) is 0 Å². The van der Waals surface area contributed by atoms with E-state index in [2.05, 4.69) is 5.32 Å². The first kappa shape index (κ1) is 11.4. The highest BCUT2D eigenvalue weighted by Crippen LogP contribution is 1.99. The highest BCUT2D eigenvalue weighted by atomic mass is 35.5. The molecule has 3 nitrogen and oxygen atoms in total. The van der Waals surface area contributed by atoms with Gasteiger partial charge in [0.15, 0.2) is 5.78 Å². The first-order valence-electron chi connectivity index (χ1n) is 3.74. The molecule has 0 heterocycles. The molecule has 0 aromatic heterocycles. The van der Waals surface area contributed by atoms with E-state index in [1.807, 2.05) is 20.8 Å². The molecule has 0 unspecified atom stereocenters. The zero-order valence-electron chi connectivity index (χ0n) is 7.61. The van der Waals surface area contributed by atoms with Gasteiger partial charge in [-0.25, -0.2) is 0 Å². The average Bonchev–Trinajstić information content (AvgIpc) is 1.82. The van der Waals surface area contributed by atoms with Gasteiger partial charge in [0, 0.05) is 5.54 Å². The van der Waals surface area contributed by atoms with E-state index >= 15 is 0 Å². The van der Waals surface area contributed by atoms with Gasteiger partial charge in [0.1, 0.15) is 0 Å². The number of nitrogens with one attached hydrogen (secondary N) is 1. The number of amides is 1. The molecule has 1 N–H and O–H groups in total. The fraction of sp³-hybridized carbons (Fsp3) is 0.750. The number of hydrogen-bond donors (Lipinski definition) is 1. The lowest BCUT2D eigenvalue weighted by molar-refractivity contribution is -0.127. The maximum Gasteiger partial charge on any atom is 0.227 e. The number of carbonyl (C=O) groups is 2. The molecule has 1 amide bonds. The highest BCUT2D eigenvalue weighted by Gasteiger charge is 2.15. The quantitative estimate of drug-likeness (QED) is 0.537. The smallest absolute Gasteiger partial charge is 0.227 e. The minimum atomic E-state index is -0.288. The molecule has 0 bridgehead atoms. The van der Waals surface area contributed by atoms with Crippen LogP contribution in [-0.4, -0.2) is 23.1 Å². The van der Waals surface area contributed by atoms with Crippen LogP contribution >= 0.6 is 11.6 Å². The van der Waals surface area contributed by atoms with Crippen LogP contribution in [-0.2, 0) is 9.59 Å². The van der Waals surface area contributed by atoms with Gasteiger partial charge >= 0.3 is 0 Å². The molecule has 4 heteroatoms. The van der Waals surface area contributed by atoms with Gasteiger partial charge in [0.2, 0.25) is 5.91 Å². The number of halogens is 1. The van der Waals surface area contributed by atoms with Crippen LogP contribution in [0.25, 0.3) is 0 Å². The Kier molecular flexibility index (Phi) is 4.24. The van der Waals surface area contributed by atoms with Crippen molar-refractivity contribution in [3.63, 3.8) is 0 Å². The first-order valence-corrected chi connectivity index (χ1v) is 4.27. The Morgan fingerprint density at radius 3 is 2.17 bits per heavy atom. The second-order valence-electron chi connectivity index (χ2n) is 3.65. The SMILES string of the molecule is CC(C)(C)NC(=O)CC(=O)CCl. The second kappa shape index (κ2) is 4.45. The lowest BCUT2D eigenvalue weighted by Crippen LogP contribution is -2.41. The van der Waals surface area contributed by atoms with Crippen molar-refractivity contribution in [3.05, 3.63) is 0 Å². The van der Waals surface area contributed by atoms with Crippen molar-refractivity contribution in [1.29, 1.82) is 0 Å². The van der Waals surface area contributed by atoms with Crippen LogP contribution < -0.4 is 5.32 Å². The normalized spacial score (nSPS) is 11.0. The maximum atomic E-state index is 11.0. The first-order chi connectivity index (χ1) is 5.35. The van der Waals surface area contributed by atoms with E-state index in [-0.39, 0.29) is 29.5 Å². The Morgan fingerprint density at radius 1 is 1.33 bits per heavy atom. The van der Waals surface area contributed by atoms with Crippen LogP contribution in [0.4, 0.5) is 0 Å². The van der Waals surface area contributed by atoms with Gasteiger partial charge in [0.05, 0.1) is 12.3 Å². The Labute approximate surface area is 77.5 Å². The van der Waals surface area contributed by atoms with Crippen molar-refractivity contribution >= 4 is 23.3 Å². The predicted molar refractivity (Wildman–Crippen MR) is 48.2 cm³/mol. The molecule has 0 radical (unpaired) electrons.